The minimum absolute atomic E-state index is 0.0468. The fraction of sp³-hybridized carbons (Fsp3) is 0.375. The number of carbonyl (C=O) groups is 1. The van der Waals surface area contributed by atoms with Crippen LogP contribution in [-0.4, -0.2) is 53.6 Å². The summed E-state index contributed by atoms with van der Waals surface area (Å²) >= 11 is 3.11. The van der Waals surface area contributed by atoms with Crippen molar-refractivity contribution in [3.8, 4) is 0 Å². The van der Waals surface area contributed by atoms with Gasteiger partial charge in [-0.2, -0.15) is 0 Å². The summed E-state index contributed by atoms with van der Waals surface area (Å²) in [7, 11) is 2.12. The first-order valence-electron chi connectivity index (χ1n) is 7.23. The zero-order valence-corrected chi connectivity index (χ0v) is 14.4. The highest BCUT2D eigenvalue weighted by molar-refractivity contribution is 8.00. The quantitative estimate of drug-likeness (QED) is 0.809. The van der Waals surface area contributed by atoms with Crippen LogP contribution in [0.5, 0.6) is 0 Å². The average Bonchev–Trinajstić information content (AvgIpc) is 3.04. The van der Waals surface area contributed by atoms with E-state index in [-0.39, 0.29) is 11.9 Å². The van der Waals surface area contributed by atoms with Gasteiger partial charge in [-0.25, -0.2) is 4.98 Å². The molecule has 6 heteroatoms. The molecular weight excluding hydrogens is 314 g/mol. The molecule has 0 spiro atoms. The Labute approximate surface area is 139 Å². The normalized spacial score (nSPS) is 19.4. The highest BCUT2D eigenvalue weighted by atomic mass is 32.2. The van der Waals surface area contributed by atoms with E-state index < -0.39 is 0 Å². The van der Waals surface area contributed by atoms with Gasteiger partial charge in [-0.3, -0.25) is 9.69 Å². The molecule has 2 aromatic rings. The van der Waals surface area contributed by atoms with E-state index in [1.807, 2.05) is 22.6 Å². The number of thiazole rings is 1. The first kappa shape index (κ1) is 15.5. The second-order valence-electron chi connectivity index (χ2n) is 5.36. The van der Waals surface area contributed by atoms with E-state index in [2.05, 4.69) is 41.2 Å². The molecule has 116 valence electrons. The number of hydrogen-bond donors (Lipinski definition) is 0. The summed E-state index contributed by atoms with van der Waals surface area (Å²) in [6.45, 7) is 2.35. The number of thioether (sulfide) groups is 1. The molecule has 1 aromatic carbocycles. The van der Waals surface area contributed by atoms with Gasteiger partial charge in [0.2, 0.25) is 0 Å². The maximum atomic E-state index is 12.7. The van der Waals surface area contributed by atoms with Gasteiger partial charge in [0, 0.05) is 25.0 Å². The Kier molecular flexibility index (Phi) is 4.81. The van der Waals surface area contributed by atoms with E-state index in [0.717, 1.165) is 17.4 Å². The molecule has 1 fully saturated rings. The molecule has 2 heterocycles. The van der Waals surface area contributed by atoms with Crippen molar-refractivity contribution in [2.75, 3.05) is 32.9 Å². The Hall–Kier alpha value is -1.37. The minimum Gasteiger partial charge on any atom is -0.334 e. The predicted octanol–water partition coefficient (Wildman–Crippen LogP) is 2.99. The molecule has 1 saturated heterocycles. The number of rotatable bonds is 3. The molecule has 1 aliphatic rings. The molecule has 0 bridgehead atoms. The van der Waals surface area contributed by atoms with Crippen LogP contribution in [0.1, 0.15) is 22.1 Å². The second-order valence-corrected chi connectivity index (χ2v) is 7.27. The zero-order valence-electron chi connectivity index (χ0n) is 12.7. The summed E-state index contributed by atoms with van der Waals surface area (Å²) in [5.41, 5.74) is 1.83. The van der Waals surface area contributed by atoms with E-state index in [9.17, 15) is 4.79 Å². The Morgan fingerprint density at radius 1 is 1.32 bits per heavy atom. The van der Waals surface area contributed by atoms with Crippen LogP contribution in [0.4, 0.5) is 0 Å². The van der Waals surface area contributed by atoms with Gasteiger partial charge in [0.25, 0.3) is 5.91 Å². The van der Waals surface area contributed by atoms with E-state index in [1.54, 1.807) is 11.8 Å². The Balaban J connectivity index is 1.76. The third kappa shape index (κ3) is 3.19. The summed E-state index contributed by atoms with van der Waals surface area (Å²) in [5, 5.41) is 1.87. The van der Waals surface area contributed by atoms with Crippen LogP contribution < -0.4 is 0 Å². The van der Waals surface area contributed by atoms with E-state index in [1.165, 1.54) is 16.9 Å². The Morgan fingerprint density at radius 2 is 2.09 bits per heavy atom. The molecule has 0 unspecified atom stereocenters. The SMILES string of the molecule is CSc1nc(C(=O)N2CCN(C)[C@H](c3ccccc3)C2)cs1. The summed E-state index contributed by atoms with van der Waals surface area (Å²) in [4.78, 5) is 21.3. The van der Waals surface area contributed by atoms with Crippen molar-refractivity contribution in [3.05, 3.63) is 47.0 Å². The fourth-order valence-electron chi connectivity index (χ4n) is 2.70. The standard InChI is InChI=1S/C16H19N3OS2/c1-18-8-9-19(10-14(18)12-6-4-3-5-7-12)15(20)13-11-22-16(17-13)21-2/h3-7,11,14H,8-10H2,1-2H3/t14-/m0/s1. The van der Waals surface area contributed by atoms with Crippen molar-refractivity contribution >= 4 is 29.0 Å². The summed E-state index contributed by atoms with van der Waals surface area (Å²) in [6, 6.07) is 10.6. The Bertz CT molecular complexity index is 644. The summed E-state index contributed by atoms with van der Waals surface area (Å²) in [5.74, 6) is 0.0468. The van der Waals surface area contributed by atoms with Gasteiger partial charge in [0.05, 0.1) is 6.04 Å². The van der Waals surface area contributed by atoms with E-state index in [0.29, 0.717) is 12.2 Å². The van der Waals surface area contributed by atoms with Crippen molar-refractivity contribution in [2.24, 2.45) is 0 Å². The van der Waals surface area contributed by atoms with Gasteiger partial charge in [-0.05, 0) is 18.9 Å². The van der Waals surface area contributed by atoms with Crippen LogP contribution in [0.25, 0.3) is 0 Å². The molecule has 1 aliphatic heterocycles. The highest BCUT2D eigenvalue weighted by Crippen LogP contribution is 2.26. The van der Waals surface area contributed by atoms with E-state index >= 15 is 0 Å². The van der Waals surface area contributed by atoms with Gasteiger partial charge in [0.1, 0.15) is 10.0 Å². The van der Waals surface area contributed by atoms with Crippen molar-refractivity contribution in [1.29, 1.82) is 0 Å². The maximum Gasteiger partial charge on any atom is 0.273 e. The number of nitrogens with zero attached hydrogens (tertiary/aromatic N) is 3. The molecule has 3 rings (SSSR count). The molecule has 4 nitrogen and oxygen atoms in total. The van der Waals surface area contributed by atoms with E-state index in [4.69, 9.17) is 0 Å². The third-order valence-electron chi connectivity index (χ3n) is 4.00. The van der Waals surface area contributed by atoms with Crippen LogP contribution in [0.2, 0.25) is 0 Å². The van der Waals surface area contributed by atoms with Gasteiger partial charge >= 0.3 is 0 Å². The Morgan fingerprint density at radius 3 is 2.77 bits per heavy atom. The molecule has 0 aliphatic carbocycles. The largest absolute Gasteiger partial charge is 0.334 e. The van der Waals surface area contributed by atoms with Crippen LogP contribution >= 0.6 is 23.1 Å². The lowest BCUT2D eigenvalue weighted by molar-refractivity contribution is 0.0541. The molecule has 0 N–H and O–H groups in total. The van der Waals surface area contributed by atoms with Crippen LogP contribution in [-0.2, 0) is 0 Å². The number of likely N-dealkylation sites (N-methyl/N-ethyl adjacent to an activating group) is 1. The minimum atomic E-state index is 0.0468. The number of hydrogen-bond acceptors (Lipinski definition) is 5. The number of carbonyl (C=O) groups excluding carboxylic acids is 1. The maximum absolute atomic E-state index is 12.7. The second kappa shape index (κ2) is 6.81. The van der Waals surface area contributed by atoms with Gasteiger partial charge in [-0.15, -0.1) is 11.3 Å². The van der Waals surface area contributed by atoms with Gasteiger partial charge in [-0.1, -0.05) is 42.1 Å². The number of amides is 1. The number of aromatic nitrogens is 1. The average molecular weight is 333 g/mol. The summed E-state index contributed by atoms with van der Waals surface area (Å²) < 4.78 is 0.942. The molecule has 22 heavy (non-hydrogen) atoms. The lowest BCUT2D eigenvalue weighted by Crippen LogP contribution is -2.49. The van der Waals surface area contributed by atoms with Crippen LogP contribution in [0.15, 0.2) is 40.1 Å². The molecule has 1 amide bonds. The lowest BCUT2D eigenvalue weighted by Gasteiger charge is -2.39. The lowest BCUT2D eigenvalue weighted by atomic mass is 10.0. The molecular formula is C16H19N3OS2. The predicted molar refractivity (Wildman–Crippen MR) is 91.6 cm³/mol. The van der Waals surface area contributed by atoms with Crippen molar-refractivity contribution < 1.29 is 4.79 Å². The molecule has 0 radical (unpaired) electrons. The molecule has 1 aromatic heterocycles. The monoisotopic (exact) mass is 333 g/mol. The molecule has 0 saturated carbocycles. The summed E-state index contributed by atoms with van der Waals surface area (Å²) in [6.07, 6.45) is 1.98. The zero-order chi connectivity index (χ0) is 15.5. The number of piperazine rings is 1. The van der Waals surface area contributed by atoms with Gasteiger partial charge in [0.15, 0.2) is 0 Å². The topological polar surface area (TPSA) is 36.4 Å². The highest BCUT2D eigenvalue weighted by Gasteiger charge is 2.29. The van der Waals surface area contributed by atoms with Crippen molar-refractivity contribution in [2.45, 2.75) is 10.4 Å². The fourth-order valence-corrected chi connectivity index (χ4v) is 3.94. The molecule has 1 atom stereocenters. The number of benzene rings is 1. The van der Waals surface area contributed by atoms with Crippen molar-refractivity contribution in [3.63, 3.8) is 0 Å². The smallest absolute Gasteiger partial charge is 0.273 e. The van der Waals surface area contributed by atoms with Crippen LogP contribution in [0.3, 0.4) is 0 Å². The first-order chi connectivity index (χ1) is 10.7. The van der Waals surface area contributed by atoms with Crippen LogP contribution in [0, 0.1) is 0 Å². The first-order valence-corrected chi connectivity index (χ1v) is 9.33. The third-order valence-corrected chi connectivity index (χ3v) is 5.86. The van der Waals surface area contributed by atoms with Crippen molar-refractivity contribution in [1.82, 2.24) is 14.8 Å². The van der Waals surface area contributed by atoms with Gasteiger partial charge < -0.3 is 4.90 Å².